The van der Waals surface area contributed by atoms with Crippen molar-refractivity contribution in [2.75, 3.05) is 0 Å². The number of hydrogen-bond acceptors (Lipinski definition) is 4. The van der Waals surface area contributed by atoms with Gasteiger partial charge in [0, 0.05) is 11.6 Å². The van der Waals surface area contributed by atoms with Crippen LogP contribution in [-0.2, 0) is 6.54 Å². The molecule has 0 aliphatic carbocycles. The van der Waals surface area contributed by atoms with Crippen LogP contribution >= 0.6 is 0 Å². The molecule has 0 fully saturated rings. The van der Waals surface area contributed by atoms with Crippen LogP contribution in [0.4, 0.5) is 10.1 Å². The number of nitrogens with two attached hydrogens (primary N) is 1. The Bertz CT molecular complexity index is 455. The van der Waals surface area contributed by atoms with Crippen LogP contribution in [0.5, 0.6) is 0 Å². The van der Waals surface area contributed by atoms with Crippen LogP contribution in [0.15, 0.2) is 17.1 Å². The van der Waals surface area contributed by atoms with Crippen LogP contribution in [0, 0.1) is 15.9 Å². The van der Waals surface area contributed by atoms with Gasteiger partial charge in [-0.05, 0) is 11.6 Å². The first-order valence-corrected chi connectivity index (χ1v) is 3.86. The minimum atomic E-state index is -0.848. The minimum absolute atomic E-state index is 0.225. The average Bonchev–Trinajstić information content (AvgIpc) is 2.46. The molecule has 1 aromatic carbocycles. The van der Waals surface area contributed by atoms with Crippen molar-refractivity contribution in [3.05, 3.63) is 39.2 Å². The highest BCUT2D eigenvalue weighted by Crippen LogP contribution is 2.25. The monoisotopic (exact) mass is 195 g/mol. The van der Waals surface area contributed by atoms with E-state index in [0.717, 1.165) is 12.1 Å². The molecule has 0 bridgehead atoms. The lowest BCUT2D eigenvalue weighted by molar-refractivity contribution is -0.387. The third-order valence-corrected chi connectivity index (χ3v) is 2.07. The van der Waals surface area contributed by atoms with Crippen molar-refractivity contribution >= 4 is 11.5 Å². The summed E-state index contributed by atoms with van der Waals surface area (Å²) in [5.74, 6) is -0.623. The lowest BCUT2D eigenvalue weighted by atomic mass is 10.1. The summed E-state index contributed by atoms with van der Waals surface area (Å²) in [7, 11) is 0. The largest absolute Gasteiger partial charge is 0.383 e. The van der Waals surface area contributed by atoms with Gasteiger partial charge in [-0.15, -0.1) is 0 Å². The Kier molecular flexibility index (Phi) is 1.70. The van der Waals surface area contributed by atoms with Crippen LogP contribution in [0.2, 0.25) is 0 Å². The molecule has 0 unspecified atom stereocenters. The highest BCUT2D eigenvalue weighted by Gasteiger charge is 2.22. The molecule has 14 heavy (non-hydrogen) atoms. The van der Waals surface area contributed by atoms with Gasteiger partial charge in [-0.25, -0.2) is 0 Å². The van der Waals surface area contributed by atoms with Crippen LogP contribution in [0.1, 0.15) is 11.1 Å². The highest BCUT2D eigenvalue weighted by molar-refractivity contribution is 6.01. The van der Waals surface area contributed by atoms with Crippen molar-refractivity contribution in [2.45, 2.75) is 6.54 Å². The number of aliphatic imine (C=N–C) groups is 1. The first kappa shape index (κ1) is 8.61. The van der Waals surface area contributed by atoms with E-state index in [1.54, 1.807) is 0 Å². The number of fused-ring (bicyclic) bond motifs is 1. The molecule has 0 amide bonds. The van der Waals surface area contributed by atoms with E-state index in [2.05, 4.69) is 4.99 Å². The minimum Gasteiger partial charge on any atom is -0.383 e. The first-order valence-electron chi connectivity index (χ1n) is 3.86. The Morgan fingerprint density at radius 3 is 2.93 bits per heavy atom. The molecule has 0 aromatic heterocycles. The molecule has 5 nitrogen and oxygen atoms in total. The van der Waals surface area contributed by atoms with Gasteiger partial charge in [0.25, 0.3) is 0 Å². The number of nitrogens with zero attached hydrogens (tertiary/aromatic N) is 2. The molecule has 0 spiro atoms. The number of rotatable bonds is 1. The third-order valence-electron chi connectivity index (χ3n) is 2.07. The Labute approximate surface area is 78.2 Å². The lowest BCUT2D eigenvalue weighted by Crippen LogP contribution is -2.11. The summed E-state index contributed by atoms with van der Waals surface area (Å²) in [5.41, 5.74) is 5.95. The number of amidine groups is 1. The first-order chi connectivity index (χ1) is 6.59. The van der Waals surface area contributed by atoms with Crippen LogP contribution < -0.4 is 5.73 Å². The SMILES string of the molecule is NC1=NCc2cc(F)c([N+](=O)[O-])cc21. The smallest absolute Gasteiger partial charge is 0.305 e. The summed E-state index contributed by atoms with van der Waals surface area (Å²) >= 11 is 0. The molecular formula is C8H6FN3O2. The maximum atomic E-state index is 13.1. The molecule has 1 heterocycles. The van der Waals surface area contributed by atoms with Crippen molar-refractivity contribution in [1.82, 2.24) is 0 Å². The molecule has 0 atom stereocenters. The molecule has 1 aliphatic rings. The fourth-order valence-electron chi connectivity index (χ4n) is 1.37. The van der Waals surface area contributed by atoms with E-state index in [4.69, 9.17) is 5.73 Å². The summed E-state index contributed by atoms with van der Waals surface area (Å²) in [5, 5.41) is 10.4. The van der Waals surface area contributed by atoms with E-state index in [1.165, 1.54) is 0 Å². The maximum Gasteiger partial charge on any atom is 0.305 e. The predicted molar refractivity (Wildman–Crippen MR) is 47.5 cm³/mol. The van der Waals surface area contributed by atoms with Crippen molar-refractivity contribution in [3.8, 4) is 0 Å². The summed E-state index contributed by atoms with van der Waals surface area (Å²) in [4.78, 5) is 13.5. The summed E-state index contributed by atoms with van der Waals surface area (Å²) in [6.07, 6.45) is 0. The van der Waals surface area contributed by atoms with Gasteiger partial charge >= 0.3 is 5.69 Å². The fraction of sp³-hybridized carbons (Fsp3) is 0.125. The van der Waals surface area contributed by atoms with Gasteiger partial charge in [-0.2, -0.15) is 4.39 Å². The van der Waals surface area contributed by atoms with E-state index in [-0.39, 0.29) is 12.4 Å². The van der Waals surface area contributed by atoms with Gasteiger partial charge < -0.3 is 5.73 Å². The summed E-state index contributed by atoms with van der Waals surface area (Å²) < 4.78 is 13.1. The van der Waals surface area contributed by atoms with Crippen LogP contribution in [0.3, 0.4) is 0 Å². The Balaban J connectivity index is 2.62. The number of nitro benzene ring substituents is 1. The molecule has 1 aliphatic heterocycles. The number of halogens is 1. The number of benzene rings is 1. The normalized spacial score (nSPS) is 13.6. The topological polar surface area (TPSA) is 81.5 Å². The van der Waals surface area contributed by atoms with Crippen LogP contribution in [-0.4, -0.2) is 10.8 Å². The van der Waals surface area contributed by atoms with E-state index >= 15 is 0 Å². The van der Waals surface area contributed by atoms with Gasteiger partial charge in [0.2, 0.25) is 5.82 Å². The zero-order valence-electron chi connectivity index (χ0n) is 7.03. The van der Waals surface area contributed by atoms with E-state index in [0.29, 0.717) is 11.1 Å². The van der Waals surface area contributed by atoms with E-state index in [9.17, 15) is 14.5 Å². The second-order valence-corrected chi connectivity index (χ2v) is 2.92. The van der Waals surface area contributed by atoms with Crippen molar-refractivity contribution in [2.24, 2.45) is 10.7 Å². The fourth-order valence-corrected chi connectivity index (χ4v) is 1.37. The lowest BCUT2D eigenvalue weighted by Gasteiger charge is -1.99. The van der Waals surface area contributed by atoms with Gasteiger partial charge in [0.1, 0.15) is 5.84 Å². The molecule has 0 radical (unpaired) electrons. The van der Waals surface area contributed by atoms with Crippen molar-refractivity contribution in [3.63, 3.8) is 0 Å². The zero-order valence-corrected chi connectivity index (χ0v) is 7.03. The molecule has 6 heteroatoms. The number of hydrogen-bond donors (Lipinski definition) is 1. The molecule has 2 rings (SSSR count). The van der Waals surface area contributed by atoms with Crippen molar-refractivity contribution in [1.29, 1.82) is 0 Å². The second-order valence-electron chi connectivity index (χ2n) is 2.92. The summed E-state index contributed by atoms with van der Waals surface area (Å²) in [6, 6.07) is 2.23. The van der Waals surface area contributed by atoms with Crippen LogP contribution in [0.25, 0.3) is 0 Å². The Morgan fingerprint density at radius 1 is 1.57 bits per heavy atom. The Morgan fingerprint density at radius 2 is 2.29 bits per heavy atom. The van der Waals surface area contributed by atoms with Gasteiger partial charge in [-0.3, -0.25) is 15.1 Å². The summed E-state index contributed by atoms with van der Waals surface area (Å²) in [6.45, 7) is 0.288. The number of nitro groups is 1. The van der Waals surface area contributed by atoms with Gasteiger partial charge in [-0.1, -0.05) is 0 Å². The molecule has 0 saturated heterocycles. The third kappa shape index (κ3) is 1.12. The van der Waals surface area contributed by atoms with Gasteiger partial charge in [0.05, 0.1) is 11.5 Å². The molecule has 0 saturated carbocycles. The molecular weight excluding hydrogens is 189 g/mol. The Hall–Kier alpha value is -1.98. The zero-order chi connectivity index (χ0) is 10.3. The van der Waals surface area contributed by atoms with E-state index in [1.807, 2.05) is 0 Å². The quantitative estimate of drug-likeness (QED) is 0.535. The molecule has 72 valence electrons. The highest BCUT2D eigenvalue weighted by atomic mass is 19.1. The average molecular weight is 195 g/mol. The predicted octanol–water partition coefficient (Wildman–Crippen LogP) is 0.953. The maximum absolute atomic E-state index is 13.1. The standard InChI is InChI=1S/C8H6FN3O2/c9-6-1-4-3-11-8(10)5(4)2-7(6)12(13)14/h1-2H,3H2,(H2,10,11). The second kappa shape index (κ2) is 2.76. The van der Waals surface area contributed by atoms with Gasteiger partial charge in [0.15, 0.2) is 0 Å². The van der Waals surface area contributed by atoms with E-state index < -0.39 is 16.4 Å². The molecule has 2 N–H and O–H groups in total. The molecule has 1 aromatic rings. The van der Waals surface area contributed by atoms with Crippen molar-refractivity contribution < 1.29 is 9.31 Å².